The molecule has 0 aromatic rings. The molecule has 0 aromatic heterocycles. The van der Waals surface area contributed by atoms with Crippen LogP contribution in [0.1, 0.15) is 26.2 Å². The van der Waals surface area contributed by atoms with E-state index in [2.05, 4.69) is 4.74 Å². The molecule has 0 aliphatic rings. The maximum absolute atomic E-state index is 10.7. The van der Waals surface area contributed by atoms with Crippen LogP contribution in [0.2, 0.25) is 0 Å². The van der Waals surface area contributed by atoms with Crippen LogP contribution in [0.3, 0.4) is 0 Å². The van der Waals surface area contributed by atoms with Crippen molar-refractivity contribution in [3.63, 3.8) is 0 Å². The van der Waals surface area contributed by atoms with Crippen molar-refractivity contribution in [1.82, 2.24) is 0 Å². The number of Topliss-reactive ketones (excluding diaryl/α,β-unsaturated/α-hetero) is 1. The van der Waals surface area contributed by atoms with Gasteiger partial charge in [0.25, 0.3) is 0 Å². The fraction of sp³-hybridized carbons (Fsp3) is 0.750. The summed E-state index contributed by atoms with van der Waals surface area (Å²) in [5, 5.41) is 8.29. The molecule has 0 unspecified atom stereocenters. The maximum atomic E-state index is 10.7. The maximum Gasteiger partial charge on any atom is 0.306 e. The van der Waals surface area contributed by atoms with Gasteiger partial charge in [-0.3, -0.25) is 9.59 Å². The first-order valence-corrected chi connectivity index (χ1v) is 3.99. The SMILES string of the molecule is CCC(=O)CCC(=O)OCCO. The second-order valence-electron chi connectivity index (χ2n) is 2.34. The molecule has 0 amide bonds. The number of carbonyl (C=O) groups is 2. The normalized spacial score (nSPS) is 9.50. The Balaban J connectivity index is 3.37. The number of aliphatic hydroxyl groups is 1. The molecule has 4 nitrogen and oxygen atoms in total. The van der Waals surface area contributed by atoms with Crippen molar-refractivity contribution in [1.29, 1.82) is 0 Å². The van der Waals surface area contributed by atoms with Gasteiger partial charge in [0, 0.05) is 12.8 Å². The van der Waals surface area contributed by atoms with Gasteiger partial charge in [-0.2, -0.15) is 0 Å². The highest BCUT2D eigenvalue weighted by Crippen LogP contribution is 1.96. The number of ether oxygens (including phenoxy) is 1. The summed E-state index contributed by atoms with van der Waals surface area (Å²) < 4.78 is 4.54. The summed E-state index contributed by atoms with van der Waals surface area (Å²) >= 11 is 0. The van der Waals surface area contributed by atoms with Crippen LogP contribution in [0.15, 0.2) is 0 Å². The lowest BCUT2D eigenvalue weighted by molar-refractivity contribution is -0.145. The fourth-order valence-corrected chi connectivity index (χ4v) is 0.650. The molecular formula is C8H14O4. The molecule has 0 aliphatic heterocycles. The molecule has 0 heterocycles. The first kappa shape index (κ1) is 11.1. The lowest BCUT2D eigenvalue weighted by Gasteiger charge is -2.00. The van der Waals surface area contributed by atoms with Crippen molar-refractivity contribution >= 4 is 11.8 Å². The average Bonchev–Trinajstić information content (AvgIpc) is 2.10. The Morgan fingerprint density at radius 3 is 2.50 bits per heavy atom. The standard InChI is InChI=1S/C8H14O4/c1-2-7(10)3-4-8(11)12-6-5-9/h9H,2-6H2,1H3. The van der Waals surface area contributed by atoms with Gasteiger partial charge in [0.1, 0.15) is 12.4 Å². The number of aliphatic hydroxyl groups excluding tert-OH is 1. The average molecular weight is 174 g/mol. The first-order chi connectivity index (χ1) is 5.70. The van der Waals surface area contributed by atoms with E-state index in [1.807, 2.05) is 0 Å². The predicted molar refractivity (Wildman–Crippen MR) is 42.6 cm³/mol. The van der Waals surface area contributed by atoms with Crippen molar-refractivity contribution in [2.24, 2.45) is 0 Å². The summed E-state index contributed by atoms with van der Waals surface area (Å²) in [6.07, 6.45) is 0.806. The molecule has 0 aliphatic carbocycles. The molecule has 0 saturated carbocycles. The molecule has 0 bridgehead atoms. The molecular weight excluding hydrogens is 160 g/mol. The molecule has 1 N–H and O–H groups in total. The van der Waals surface area contributed by atoms with Crippen molar-refractivity contribution < 1.29 is 19.4 Å². The zero-order valence-corrected chi connectivity index (χ0v) is 7.21. The Labute approximate surface area is 71.5 Å². The Kier molecular flexibility index (Phi) is 6.28. The second kappa shape index (κ2) is 6.79. The summed E-state index contributed by atoms with van der Waals surface area (Å²) in [5.74, 6) is -0.373. The molecule has 0 spiro atoms. The number of hydrogen-bond acceptors (Lipinski definition) is 4. The summed E-state index contributed by atoms with van der Waals surface area (Å²) in [7, 11) is 0. The monoisotopic (exact) mass is 174 g/mol. The lowest BCUT2D eigenvalue weighted by atomic mass is 10.2. The summed E-state index contributed by atoms with van der Waals surface area (Å²) in [4.78, 5) is 21.5. The van der Waals surface area contributed by atoms with Crippen molar-refractivity contribution in [3.8, 4) is 0 Å². The minimum absolute atomic E-state index is 0.0130. The van der Waals surface area contributed by atoms with Crippen molar-refractivity contribution in [2.75, 3.05) is 13.2 Å². The van der Waals surface area contributed by atoms with Gasteiger partial charge in [-0.25, -0.2) is 0 Å². The Bertz CT molecular complexity index is 153. The van der Waals surface area contributed by atoms with Gasteiger partial charge in [-0.05, 0) is 0 Å². The minimum Gasteiger partial charge on any atom is -0.463 e. The Morgan fingerprint density at radius 1 is 1.33 bits per heavy atom. The molecule has 70 valence electrons. The Hall–Kier alpha value is -0.900. The van der Waals surface area contributed by atoms with Gasteiger partial charge in [-0.15, -0.1) is 0 Å². The quantitative estimate of drug-likeness (QED) is 0.587. The van der Waals surface area contributed by atoms with E-state index in [9.17, 15) is 9.59 Å². The number of rotatable bonds is 6. The summed E-state index contributed by atoms with van der Waals surface area (Å²) in [5.41, 5.74) is 0. The van der Waals surface area contributed by atoms with E-state index in [4.69, 9.17) is 5.11 Å². The zero-order chi connectivity index (χ0) is 9.40. The van der Waals surface area contributed by atoms with E-state index >= 15 is 0 Å². The second-order valence-corrected chi connectivity index (χ2v) is 2.34. The van der Waals surface area contributed by atoms with Gasteiger partial charge in [0.05, 0.1) is 13.0 Å². The molecule has 0 radical (unpaired) electrons. The largest absolute Gasteiger partial charge is 0.463 e. The van der Waals surface area contributed by atoms with Crippen LogP contribution in [-0.4, -0.2) is 30.1 Å². The van der Waals surface area contributed by atoms with Gasteiger partial charge in [-0.1, -0.05) is 6.92 Å². The van der Waals surface area contributed by atoms with Crippen molar-refractivity contribution in [2.45, 2.75) is 26.2 Å². The lowest BCUT2D eigenvalue weighted by Crippen LogP contribution is -2.10. The highest BCUT2D eigenvalue weighted by atomic mass is 16.5. The van der Waals surface area contributed by atoms with Crippen molar-refractivity contribution in [3.05, 3.63) is 0 Å². The van der Waals surface area contributed by atoms with E-state index in [1.54, 1.807) is 6.92 Å². The van der Waals surface area contributed by atoms with E-state index in [0.717, 1.165) is 0 Å². The molecule has 0 rings (SSSR count). The third-order valence-electron chi connectivity index (χ3n) is 1.36. The number of esters is 1. The zero-order valence-electron chi connectivity index (χ0n) is 7.21. The smallest absolute Gasteiger partial charge is 0.306 e. The number of carbonyl (C=O) groups excluding carboxylic acids is 2. The fourth-order valence-electron chi connectivity index (χ4n) is 0.650. The molecule has 0 atom stereocenters. The van der Waals surface area contributed by atoms with Crippen LogP contribution < -0.4 is 0 Å². The van der Waals surface area contributed by atoms with Crippen LogP contribution in [0.5, 0.6) is 0 Å². The minimum atomic E-state index is -0.425. The number of ketones is 1. The molecule has 0 aromatic carbocycles. The van der Waals surface area contributed by atoms with Gasteiger partial charge >= 0.3 is 5.97 Å². The highest BCUT2D eigenvalue weighted by Gasteiger charge is 2.05. The third-order valence-corrected chi connectivity index (χ3v) is 1.36. The molecule has 12 heavy (non-hydrogen) atoms. The van der Waals surface area contributed by atoms with E-state index < -0.39 is 5.97 Å². The third kappa shape index (κ3) is 5.85. The summed E-state index contributed by atoms with van der Waals surface area (Å²) in [6, 6.07) is 0. The van der Waals surface area contributed by atoms with Crippen LogP contribution in [0.4, 0.5) is 0 Å². The van der Waals surface area contributed by atoms with Crippen LogP contribution in [0.25, 0.3) is 0 Å². The van der Waals surface area contributed by atoms with Crippen LogP contribution in [0, 0.1) is 0 Å². The molecule has 0 saturated heterocycles. The number of hydrogen-bond donors (Lipinski definition) is 1. The predicted octanol–water partition coefficient (Wildman–Crippen LogP) is 0.281. The van der Waals surface area contributed by atoms with E-state index in [0.29, 0.717) is 6.42 Å². The molecule has 4 heteroatoms. The molecule has 0 fully saturated rings. The Morgan fingerprint density at radius 2 is 2.00 bits per heavy atom. The summed E-state index contributed by atoms with van der Waals surface area (Å²) in [6.45, 7) is 1.59. The van der Waals surface area contributed by atoms with Gasteiger partial charge < -0.3 is 9.84 Å². The topological polar surface area (TPSA) is 63.6 Å². The van der Waals surface area contributed by atoms with E-state index in [-0.39, 0.29) is 31.8 Å². The van der Waals surface area contributed by atoms with Gasteiger partial charge in [0.2, 0.25) is 0 Å². The van der Waals surface area contributed by atoms with Crippen LogP contribution in [-0.2, 0) is 14.3 Å². The van der Waals surface area contributed by atoms with Crippen LogP contribution >= 0.6 is 0 Å². The first-order valence-electron chi connectivity index (χ1n) is 3.99. The highest BCUT2D eigenvalue weighted by molar-refractivity contribution is 5.82. The van der Waals surface area contributed by atoms with Gasteiger partial charge in [0.15, 0.2) is 0 Å². The van der Waals surface area contributed by atoms with E-state index in [1.165, 1.54) is 0 Å².